The van der Waals surface area contributed by atoms with Gasteiger partial charge in [-0.25, -0.2) is 4.57 Å². The lowest BCUT2D eigenvalue weighted by Crippen LogP contribution is -2.29. The highest BCUT2D eigenvalue weighted by Crippen LogP contribution is 2.45. The summed E-state index contributed by atoms with van der Waals surface area (Å²) >= 11 is 0. The Morgan fingerprint density at radius 3 is 2.23 bits per heavy atom. The molecular weight excluding hydrogens is 372 g/mol. The normalized spacial score (nSPS) is 12.4. The van der Waals surface area contributed by atoms with Crippen LogP contribution >= 0.6 is 0 Å². The van der Waals surface area contributed by atoms with Crippen molar-refractivity contribution in [3.63, 3.8) is 0 Å². The molecule has 4 nitrogen and oxygen atoms in total. The lowest BCUT2D eigenvalue weighted by molar-refractivity contribution is -0.644. The fourth-order valence-corrected chi connectivity index (χ4v) is 4.30. The molecule has 0 bridgehead atoms. The van der Waals surface area contributed by atoms with Crippen molar-refractivity contribution >= 4 is 39.9 Å². The second-order valence-corrected chi connectivity index (χ2v) is 7.47. The van der Waals surface area contributed by atoms with Gasteiger partial charge in [0.1, 0.15) is 13.6 Å². The highest BCUT2D eigenvalue weighted by atomic mass is 16.4. The zero-order chi connectivity index (χ0) is 20.7. The first-order chi connectivity index (χ1) is 14.6. The van der Waals surface area contributed by atoms with Crippen LogP contribution in [0, 0.1) is 0 Å². The molecule has 1 aromatic heterocycles. The van der Waals surface area contributed by atoms with Crippen LogP contribution in [0.15, 0.2) is 85.1 Å². The average molecular weight is 393 g/mol. The Kier molecular flexibility index (Phi) is 4.32. The predicted octanol–water partition coefficient (Wildman–Crippen LogP) is 4.79. The van der Waals surface area contributed by atoms with Crippen LogP contribution in [0.2, 0.25) is 0 Å². The molecule has 0 aliphatic carbocycles. The Bertz CT molecular complexity index is 1270. The van der Waals surface area contributed by atoms with Gasteiger partial charge in [-0.05, 0) is 35.4 Å². The van der Waals surface area contributed by atoms with Gasteiger partial charge in [0.2, 0.25) is 5.52 Å². The van der Waals surface area contributed by atoms with Crippen molar-refractivity contribution in [1.29, 1.82) is 0 Å². The summed E-state index contributed by atoms with van der Waals surface area (Å²) in [7, 11) is 2.05. The van der Waals surface area contributed by atoms with Crippen LogP contribution in [-0.4, -0.2) is 17.6 Å². The molecule has 146 valence electrons. The fraction of sp³-hybridized carbons (Fsp3) is 0.0769. The average Bonchev–Trinajstić information content (AvgIpc) is 2.76. The second-order valence-electron chi connectivity index (χ2n) is 7.47. The number of anilines is 2. The number of hydrogen-bond donors (Lipinski definition) is 1. The van der Waals surface area contributed by atoms with E-state index in [1.165, 1.54) is 5.39 Å². The van der Waals surface area contributed by atoms with Crippen LogP contribution in [0.4, 0.5) is 11.4 Å². The summed E-state index contributed by atoms with van der Waals surface area (Å²) in [6.45, 7) is -0.0780. The lowest BCUT2D eigenvalue weighted by Gasteiger charge is -2.33. The molecule has 1 N–H and O–H groups in total. The van der Waals surface area contributed by atoms with Gasteiger partial charge in [-0.1, -0.05) is 48.5 Å². The maximum absolute atomic E-state index is 11.6. The minimum atomic E-state index is -0.853. The van der Waals surface area contributed by atoms with Crippen LogP contribution in [0.25, 0.3) is 22.6 Å². The number of carboxylic acid groups (broad SMARTS) is 1. The summed E-state index contributed by atoms with van der Waals surface area (Å²) in [6.07, 6.45) is 4.27. The number of aliphatic carboxylic acids is 1. The molecular formula is C26H21N2O2+. The number of hydrogen-bond acceptors (Lipinski definition) is 2. The van der Waals surface area contributed by atoms with Crippen molar-refractivity contribution in [2.45, 2.75) is 0 Å². The first kappa shape index (κ1) is 18.1. The van der Waals surface area contributed by atoms with Crippen molar-refractivity contribution in [3.8, 4) is 0 Å². The number of aromatic nitrogens is 1. The molecule has 0 radical (unpaired) electrons. The van der Waals surface area contributed by atoms with Gasteiger partial charge in [0.15, 0.2) is 6.20 Å². The number of pyridine rings is 1. The third kappa shape index (κ3) is 2.94. The van der Waals surface area contributed by atoms with Crippen molar-refractivity contribution in [1.82, 2.24) is 0 Å². The van der Waals surface area contributed by atoms with Gasteiger partial charge in [0, 0.05) is 34.6 Å². The third-order valence-electron chi connectivity index (χ3n) is 5.63. The van der Waals surface area contributed by atoms with E-state index in [-0.39, 0.29) is 6.54 Å². The molecule has 0 amide bonds. The zero-order valence-corrected chi connectivity index (χ0v) is 16.6. The molecule has 2 heterocycles. The summed E-state index contributed by atoms with van der Waals surface area (Å²) in [5.74, 6) is -0.853. The molecule has 0 spiro atoms. The Morgan fingerprint density at radius 1 is 0.900 bits per heavy atom. The van der Waals surface area contributed by atoms with Crippen molar-refractivity contribution in [3.05, 3.63) is 102 Å². The SMILES string of the molecule is C[n+]1cccc2c(C=C3c4ccccc4N(CC(=O)O)c4ccccc43)cccc21. The topological polar surface area (TPSA) is 44.4 Å². The number of aryl methyl sites for hydroxylation is 1. The monoisotopic (exact) mass is 393 g/mol. The van der Waals surface area contributed by atoms with Crippen LogP contribution in [-0.2, 0) is 11.8 Å². The first-order valence-corrected chi connectivity index (χ1v) is 9.91. The maximum atomic E-state index is 11.6. The molecule has 4 aromatic rings. The number of carboxylic acids is 1. The van der Waals surface area contributed by atoms with E-state index in [4.69, 9.17) is 0 Å². The molecule has 4 heteroatoms. The number of nitrogens with zero attached hydrogens (tertiary/aromatic N) is 2. The van der Waals surface area contributed by atoms with E-state index in [0.29, 0.717) is 0 Å². The summed E-state index contributed by atoms with van der Waals surface area (Å²) in [4.78, 5) is 13.5. The van der Waals surface area contributed by atoms with Gasteiger partial charge in [-0.15, -0.1) is 0 Å². The van der Waals surface area contributed by atoms with Gasteiger partial charge in [0.25, 0.3) is 0 Å². The molecule has 0 saturated heterocycles. The van der Waals surface area contributed by atoms with Crippen LogP contribution in [0.3, 0.4) is 0 Å². The van der Waals surface area contributed by atoms with Crippen molar-refractivity contribution in [2.24, 2.45) is 7.05 Å². The quantitative estimate of drug-likeness (QED) is 0.509. The molecule has 0 unspecified atom stereocenters. The molecule has 5 rings (SSSR count). The highest BCUT2D eigenvalue weighted by Gasteiger charge is 2.27. The van der Waals surface area contributed by atoms with E-state index in [0.717, 1.165) is 39.2 Å². The molecule has 0 atom stereocenters. The summed E-state index contributed by atoms with van der Waals surface area (Å²) in [5, 5.41) is 10.7. The molecule has 1 aliphatic heterocycles. The zero-order valence-electron chi connectivity index (χ0n) is 16.6. The van der Waals surface area contributed by atoms with Gasteiger partial charge >= 0.3 is 5.97 Å². The molecule has 0 saturated carbocycles. The van der Waals surface area contributed by atoms with Crippen LogP contribution < -0.4 is 9.47 Å². The van der Waals surface area contributed by atoms with Gasteiger partial charge in [-0.3, -0.25) is 4.79 Å². The minimum Gasteiger partial charge on any atom is -0.480 e. The third-order valence-corrected chi connectivity index (χ3v) is 5.63. The molecule has 0 fully saturated rings. The standard InChI is InChI=1S/C26H20N2O2/c1-27-15-7-11-19-18(8-6-14-23(19)27)16-22-20-9-2-4-12-24(20)28(17-26(29)30)25-13-5-3-10-21(22)25/h2-16H,17H2,1H3/p+1. The molecule has 30 heavy (non-hydrogen) atoms. The lowest BCUT2D eigenvalue weighted by atomic mass is 9.88. The Balaban J connectivity index is 1.78. The summed E-state index contributed by atoms with van der Waals surface area (Å²) in [6, 6.07) is 26.6. The van der Waals surface area contributed by atoms with E-state index in [9.17, 15) is 9.90 Å². The first-order valence-electron chi connectivity index (χ1n) is 9.91. The maximum Gasteiger partial charge on any atom is 0.323 e. The van der Waals surface area contributed by atoms with E-state index in [1.807, 2.05) is 54.5 Å². The number of benzene rings is 3. The van der Waals surface area contributed by atoms with Crippen LogP contribution in [0.5, 0.6) is 0 Å². The van der Waals surface area contributed by atoms with Gasteiger partial charge in [-0.2, -0.15) is 0 Å². The molecule has 1 aliphatic rings. The Labute approximate surface area is 175 Å². The van der Waals surface area contributed by atoms with E-state index in [1.54, 1.807) is 0 Å². The number of fused-ring (bicyclic) bond motifs is 3. The second kappa shape index (κ2) is 7.16. The van der Waals surface area contributed by atoms with Gasteiger partial charge in [0.05, 0.1) is 5.39 Å². The Morgan fingerprint density at radius 2 is 1.57 bits per heavy atom. The Hall–Kier alpha value is -3.92. The summed E-state index contributed by atoms with van der Waals surface area (Å²) < 4.78 is 2.12. The number of carbonyl (C=O) groups is 1. The van der Waals surface area contributed by atoms with E-state index >= 15 is 0 Å². The fourth-order valence-electron chi connectivity index (χ4n) is 4.30. The predicted molar refractivity (Wildman–Crippen MR) is 120 cm³/mol. The summed E-state index contributed by atoms with van der Waals surface area (Å²) in [5.41, 5.74) is 7.30. The van der Waals surface area contributed by atoms with Crippen molar-refractivity contribution in [2.75, 3.05) is 11.4 Å². The smallest absolute Gasteiger partial charge is 0.323 e. The largest absolute Gasteiger partial charge is 0.480 e. The molecule has 3 aromatic carbocycles. The van der Waals surface area contributed by atoms with Crippen LogP contribution in [0.1, 0.15) is 16.7 Å². The van der Waals surface area contributed by atoms with Crippen molar-refractivity contribution < 1.29 is 14.5 Å². The van der Waals surface area contributed by atoms with E-state index < -0.39 is 5.97 Å². The number of rotatable bonds is 3. The van der Waals surface area contributed by atoms with Gasteiger partial charge < -0.3 is 10.0 Å². The highest BCUT2D eigenvalue weighted by molar-refractivity contribution is 6.06. The number of para-hydroxylation sites is 2. The van der Waals surface area contributed by atoms with E-state index in [2.05, 4.69) is 53.1 Å². The minimum absolute atomic E-state index is 0.0780.